The van der Waals surface area contributed by atoms with Crippen LogP contribution in [0.1, 0.15) is 46.0 Å². The van der Waals surface area contributed by atoms with E-state index < -0.39 is 0 Å². The standard InChI is InChI=1S/C15H30N2O2/c1-4-16-15(12-18)8-6-13(10-15)17-9-5-7-14(2,11-17)19-3/h13,16,18H,4-12H2,1-3H3. The molecule has 19 heavy (non-hydrogen) atoms. The fourth-order valence-corrected chi connectivity index (χ4v) is 3.87. The zero-order valence-corrected chi connectivity index (χ0v) is 12.7. The van der Waals surface area contributed by atoms with Gasteiger partial charge in [-0.2, -0.15) is 0 Å². The van der Waals surface area contributed by atoms with Crippen LogP contribution in [0.15, 0.2) is 0 Å². The van der Waals surface area contributed by atoms with Crippen LogP contribution in [0.25, 0.3) is 0 Å². The molecule has 2 N–H and O–H groups in total. The molecular formula is C15H30N2O2. The van der Waals surface area contributed by atoms with Gasteiger partial charge in [0.25, 0.3) is 0 Å². The monoisotopic (exact) mass is 270 g/mol. The van der Waals surface area contributed by atoms with Crippen molar-refractivity contribution < 1.29 is 9.84 Å². The Morgan fingerprint density at radius 3 is 2.84 bits per heavy atom. The molecule has 0 amide bonds. The lowest BCUT2D eigenvalue weighted by Gasteiger charge is -2.42. The molecule has 0 aromatic heterocycles. The lowest BCUT2D eigenvalue weighted by atomic mass is 9.92. The third kappa shape index (κ3) is 3.30. The van der Waals surface area contributed by atoms with Gasteiger partial charge in [-0.1, -0.05) is 6.92 Å². The molecule has 0 aromatic rings. The summed E-state index contributed by atoms with van der Waals surface area (Å²) in [4.78, 5) is 2.59. The number of likely N-dealkylation sites (tertiary alicyclic amines) is 1. The van der Waals surface area contributed by atoms with Crippen molar-refractivity contribution in [3.8, 4) is 0 Å². The number of methoxy groups -OCH3 is 1. The van der Waals surface area contributed by atoms with Crippen molar-refractivity contribution in [1.82, 2.24) is 10.2 Å². The first-order chi connectivity index (χ1) is 9.06. The van der Waals surface area contributed by atoms with Crippen LogP contribution in [0.4, 0.5) is 0 Å². The Labute approximate surface area is 117 Å². The average Bonchev–Trinajstić information content (AvgIpc) is 2.84. The molecule has 1 aliphatic carbocycles. The van der Waals surface area contributed by atoms with Crippen LogP contribution in [-0.4, -0.2) is 60.5 Å². The number of hydrogen-bond donors (Lipinski definition) is 2. The SMILES string of the molecule is CCNC1(CO)CCC(N2CCCC(C)(OC)C2)C1. The van der Waals surface area contributed by atoms with Gasteiger partial charge in [-0.3, -0.25) is 4.90 Å². The molecule has 112 valence electrons. The van der Waals surface area contributed by atoms with E-state index in [1.165, 1.54) is 19.4 Å². The first-order valence-corrected chi connectivity index (χ1v) is 7.71. The number of nitrogens with zero attached hydrogens (tertiary/aromatic N) is 1. The highest BCUT2D eigenvalue weighted by Gasteiger charge is 2.42. The van der Waals surface area contributed by atoms with Crippen LogP contribution >= 0.6 is 0 Å². The van der Waals surface area contributed by atoms with E-state index in [2.05, 4.69) is 24.1 Å². The number of nitrogens with one attached hydrogen (secondary N) is 1. The van der Waals surface area contributed by atoms with E-state index in [1.54, 1.807) is 0 Å². The van der Waals surface area contributed by atoms with Crippen molar-refractivity contribution in [2.45, 2.75) is 63.1 Å². The summed E-state index contributed by atoms with van der Waals surface area (Å²) in [6.07, 6.45) is 5.71. The largest absolute Gasteiger partial charge is 0.394 e. The number of piperidine rings is 1. The molecule has 1 saturated heterocycles. The Hall–Kier alpha value is -0.160. The van der Waals surface area contributed by atoms with E-state index in [0.29, 0.717) is 6.04 Å². The van der Waals surface area contributed by atoms with E-state index in [4.69, 9.17) is 4.74 Å². The van der Waals surface area contributed by atoms with Gasteiger partial charge in [-0.25, -0.2) is 0 Å². The maximum atomic E-state index is 9.71. The summed E-state index contributed by atoms with van der Waals surface area (Å²) in [5.74, 6) is 0. The van der Waals surface area contributed by atoms with Crippen LogP contribution in [0.5, 0.6) is 0 Å². The molecule has 3 atom stereocenters. The highest BCUT2D eigenvalue weighted by molar-refractivity contribution is 5.01. The molecule has 0 aromatic carbocycles. The van der Waals surface area contributed by atoms with Crippen molar-refractivity contribution in [2.75, 3.05) is 33.4 Å². The normalized spacial score (nSPS) is 40.7. The first kappa shape index (κ1) is 15.2. The molecule has 3 unspecified atom stereocenters. The minimum atomic E-state index is -0.0413. The van der Waals surface area contributed by atoms with E-state index >= 15 is 0 Å². The van der Waals surface area contributed by atoms with E-state index in [1.807, 2.05) is 7.11 Å². The number of rotatable bonds is 5. The Kier molecular flexibility index (Phi) is 4.88. The number of ether oxygens (including phenoxy) is 1. The van der Waals surface area contributed by atoms with E-state index in [0.717, 1.165) is 32.4 Å². The second kappa shape index (κ2) is 6.08. The minimum absolute atomic E-state index is 0.0148. The molecule has 2 rings (SSSR count). The van der Waals surface area contributed by atoms with Gasteiger partial charge in [0, 0.05) is 25.2 Å². The van der Waals surface area contributed by atoms with Crippen molar-refractivity contribution in [1.29, 1.82) is 0 Å². The smallest absolute Gasteiger partial charge is 0.0777 e. The van der Waals surface area contributed by atoms with Gasteiger partial charge in [0.2, 0.25) is 0 Å². The fraction of sp³-hybridized carbons (Fsp3) is 1.00. The van der Waals surface area contributed by atoms with Gasteiger partial charge < -0.3 is 15.2 Å². The van der Waals surface area contributed by atoms with Gasteiger partial charge in [0.05, 0.1) is 12.2 Å². The second-order valence-electron chi connectivity index (χ2n) is 6.59. The average molecular weight is 270 g/mol. The highest BCUT2D eigenvalue weighted by atomic mass is 16.5. The third-order valence-electron chi connectivity index (χ3n) is 5.13. The van der Waals surface area contributed by atoms with Gasteiger partial charge >= 0.3 is 0 Å². The molecule has 1 saturated carbocycles. The van der Waals surface area contributed by atoms with Crippen molar-refractivity contribution in [3.63, 3.8) is 0 Å². The quantitative estimate of drug-likeness (QED) is 0.792. The second-order valence-corrected chi connectivity index (χ2v) is 6.59. The number of aliphatic hydroxyl groups is 1. The summed E-state index contributed by atoms with van der Waals surface area (Å²) >= 11 is 0. The van der Waals surface area contributed by atoms with E-state index in [-0.39, 0.29) is 17.7 Å². The molecule has 4 heteroatoms. The van der Waals surface area contributed by atoms with Gasteiger partial charge in [-0.05, 0) is 52.1 Å². The zero-order chi connectivity index (χ0) is 13.9. The maximum Gasteiger partial charge on any atom is 0.0777 e. The third-order valence-corrected chi connectivity index (χ3v) is 5.13. The highest BCUT2D eigenvalue weighted by Crippen LogP contribution is 2.36. The summed E-state index contributed by atoms with van der Waals surface area (Å²) in [5, 5.41) is 13.2. The molecule has 0 bridgehead atoms. The Morgan fingerprint density at radius 2 is 2.21 bits per heavy atom. The van der Waals surface area contributed by atoms with Crippen molar-refractivity contribution >= 4 is 0 Å². The van der Waals surface area contributed by atoms with Crippen LogP contribution in [0.3, 0.4) is 0 Å². The van der Waals surface area contributed by atoms with Crippen LogP contribution in [0.2, 0.25) is 0 Å². The lowest BCUT2D eigenvalue weighted by molar-refractivity contribution is -0.0614. The number of likely N-dealkylation sites (N-methyl/N-ethyl adjacent to an activating group) is 1. The maximum absolute atomic E-state index is 9.71. The van der Waals surface area contributed by atoms with Gasteiger partial charge in [-0.15, -0.1) is 0 Å². The summed E-state index contributed by atoms with van der Waals surface area (Å²) < 4.78 is 5.69. The Bertz CT molecular complexity index is 300. The van der Waals surface area contributed by atoms with Crippen LogP contribution in [0, 0.1) is 0 Å². The Balaban J connectivity index is 1.96. The lowest BCUT2D eigenvalue weighted by Crippen LogP contribution is -2.52. The predicted molar refractivity (Wildman–Crippen MR) is 77.4 cm³/mol. The van der Waals surface area contributed by atoms with Crippen molar-refractivity contribution in [3.05, 3.63) is 0 Å². The van der Waals surface area contributed by atoms with Crippen LogP contribution in [-0.2, 0) is 4.74 Å². The minimum Gasteiger partial charge on any atom is -0.394 e. The van der Waals surface area contributed by atoms with Gasteiger partial charge in [0.1, 0.15) is 0 Å². The summed E-state index contributed by atoms with van der Waals surface area (Å²) in [6.45, 7) is 7.74. The molecule has 0 spiro atoms. The van der Waals surface area contributed by atoms with Crippen LogP contribution < -0.4 is 5.32 Å². The predicted octanol–water partition coefficient (Wildman–Crippen LogP) is 1.38. The first-order valence-electron chi connectivity index (χ1n) is 7.71. The Morgan fingerprint density at radius 1 is 1.42 bits per heavy atom. The summed E-state index contributed by atoms with van der Waals surface area (Å²) in [7, 11) is 1.83. The summed E-state index contributed by atoms with van der Waals surface area (Å²) in [6, 6.07) is 0.598. The molecule has 0 radical (unpaired) electrons. The topological polar surface area (TPSA) is 44.7 Å². The number of hydrogen-bond acceptors (Lipinski definition) is 4. The molecule has 4 nitrogen and oxygen atoms in total. The molecule has 2 aliphatic rings. The van der Waals surface area contributed by atoms with E-state index in [9.17, 15) is 5.11 Å². The number of aliphatic hydroxyl groups excluding tert-OH is 1. The molecule has 1 heterocycles. The molecule has 2 fully saturated rings. The van der Waals surface area contributed by atoms with Gasteiger partial charge in [0.15, 0.2) is 0 Å². The zero-order valence-electron chi connectivity index (χ0n) is 12.7. The van der Waals surface area contributed by atoms with Crippen molar-refractivity contribution in [2.24, 2.45) is 0 Å². The molecular weight excluding hydrogens is 240 g/mol. The summed E-state index contributed by atoms with van der Waals surface area (Å²) in [5.41, 5.74) is -0.0266. The molecule has 1 aliphatic heterocycles. The fourth-order valence-electron chi connectivity index (χ4n) is 3.87.